The summed E-state index contributed by atoms with van der Waals surface area (Å²) in [5.74, 6) is -1.16. The number of rotatable bonds is 6. The van der Waals surface area contributed by atoms with Gasteiger partial charge in [0.25, 0.3) is 5.91 Å². The summed E-state index contributed by atoms with van der Waals surface area (Å²) in [5, 5.41) is 14.5. The maximum atomic E-state index is 11.9. The molecular formula is C14H16N4O3S. The highest BCUT2D eigenvalue weighted by Gasteiger charge is 2.11. The molecule has 0 radical (unpaired) electrons. The molecular weight excluding hydrogens is 304 g/mol. The van der Waals surface area contributed by atoms with Crippen molar-refractivity contribution in [3.63, 3.8) is 0 Å². The molecule has 0 spiro atoms. The number of aromatic nitrogens is 3. The minimum atomic E-state index is -1.18. The highest BCUT2D eigenvalue weighted by molar-refractivity contribution is 7.09. The molecule has 0 fully saturated rings. The molecule has 1 amide bonds. The Bertz CT molecular complexity index is 667. The Labute approximate surface area is 131 Å². The van der Waals surface area contributed by atoms with E-state index in [0.717, 1.165) is 23.1 Å². The van der Waals surface area contributed by atoms with E-state index < -0.39 is 5.97 Å². The van der Waals surface area contributed by atoms with Crippen LogP contribution >= 0.6 is 11.3 Å². The Morgan fingerprint density at radius 2 is 1.95 bits per heavy atom. The van der Waals surface area contributed by atoms with Crippen LogP contribution in [-0.2, 0) is 6.42 Å². The van der Waals surface area contributed by atoms with Gasteiger partial charge < -0.3 is 10.4 Å². The van der Waals surface area contributed by atoms with E-state index in [4.69, 9.17) is 5.11 Å². The number of carboxylic acid groups (broad SMARTS) is 1. The number of carbonyl (C=O) groups is 2. The van der Waals surface area contributed by atoms with Crippen molar-refractivity contribution in [3.8, 4) is 0 Å². The maximum absolute atomic E-state index is 11.9. The summed E-state index contributed by atoms with van der Waals surface area (Å²) in [6.45, 7) is 4.61. The standard InChI is InChI=1S/C14H16N4O3S/c1-8(2)13-18-9(7-22-13)3-4-15-12(19)10-5-17-11(6-16-10)14(20)21/h5-8H,3-4H2,1-2H3,(H,15,19)(H,20,21). The lowest BCUT2D eigenvalue weighted by atomic mass is 10.2. The number of hydrogen-bond acceptors (Lipinski definition) is 6. The first kappa shape index (κ1) is 16.0. The fourth-order valence-electron chi connectivity index (χ4n) is 1.65. The summed E-state index contributed by atoms with van der Waals surface area (Å²) < 4.78 is 0. The smallest absolute Gasteiger partial charge is 0.356 e. The van der Waals surface area contributed by atoms with E-state index in [1.165, 1.54) is 0 Å². The van der Waals surface area contributed by atoms with Crippen LogP contribution in [0, 0.1) is 0 Å². The summed E-state index contributed by atoms with van der Waals surface area (Å²) in [6.07, 6.45) is 2.85. The minimum absolute atomic E-state index is 0.0890. The normalized spacial score (nSPS) is 10.7. The molecule has 116 valence electrons. The van der Waals surface area contributed by atoms with E-state index in [1.807, 2.05) is 5.38 Å². The van der Waals surface area contributed by atoms with Gasteiger partial charge in [0.2, 0.25) is 0 Å². The van der Waals surface area contributed by atoms with Crippen LogP contribution in [0.2, 0.25) is 0 Å². The van der Waals surface area contributed by atoms with E-state index in [1.54, 1.807) is 11.3 Å². The average Bonchev–Trinajstić information content (AvgIpc) is 2.96. The summed E-state index contributed by atoms with van der Waals surface area (Å²) in [4.78, 5) is 34.4. The molecule has 0 saturated carbocycles. The highest BCUT2D eigenvalue weighted by Crippen LogP contribution is 2.19. The van der Waals surface area contributed by atoms with Crippen LogP contribution in [0.1, 0.15) is 51.4 Å². The van der Waals surface area contributed by atoms with Crippen molar-refractivity contribution in [1.82, 2.24) is 20.3 Å². The van der Waals surface area contributed by atoms with Gasteiger partial charge in [0.05, 0.1) is 23.1 Å². The lowest BCUT2D eigenvalue weighted by Crippen LogP contribution is -2.27. The molecule has 0 aliphatic carbocycles. The largest absolute Gasteiger partial charge is 0.476 e. The van der Waals surface area contributed by atoms with Crippen LogP contribution in [0.25, 0.3) is 0 Å². The number of thiazole rings is 1. The first-order valence-corrected chi connectivity index (χ1v) is 7.63. The predicted octanol–water partition coefficient (Wildman–Crippen LogP) is 1.73. The van der Waals surface area contributed by atoms with Crippen molar-refractivity contribution < 1.29 is 14.7 Å². The first-order valence-electron chi connectivity index (χ1n) is 6.75. The van der Waals surface area contributed by atoms with Crippen LogP contribution < -0.4 is 5.32 Å². The summed E-state index contributed by atoms with van der Waals surface area (Å²) in [5.41, 5.74) is 0.840. The molecule has 0 atom stereocenters. The number of hydrogen-bond donors (Lipinski definition) is 2. The molecule has 7 nitrogen and oxygen atoms in total. The van der Waals surface area contributed by atoms with Gasteiger partial charge in [0.1, 0.15) is 5.69 Å². The van der Waals surface area contributed by atoms with Gasteiger partial charge in [-0.3, -0.25) is 4.79 Å². The Hall–Kier alpha value is -2.35. The Morgan fingerprint density at radius 1 is 1.27 bits per heavy atom. The Kier molecular flexibility index (Phi) is 5.16. The second-order valence-electron chi connectivity index (χ2n) is 4.93. The number of amides is 1. The van der Waals surface area contributed by atoms with Crippen LogP contribution in [0.3, 0.4) is 0 Å². The number of aromatic carboxylic acids is 1. The monoisotopic (exact) mass is 320 g/mol. The second-order valence-corrected chi connectivity index (χ2v) is 5.82. The Morgan fingerprint density at radius 3 is 2.50 bits per heavy atom. The zero-order valence-corrected chi connectivity index (χ0v) is 13.1. The topological polar surface area (TPSA) is 105 Å². The Balaban J connectivity index is 1.85. The van der Waals surface area contributed by atoms with Crippen molar-refractivity contribution in [3.05, 3.63) is 39.9 Å². The third-order valence-corrected chi connectivity index (χ3v) is 4.03. The van der Waals surface area contributed by atoms with Gasteiger partial charge >= 0.3 is 5.97 Å². The molecule has 0 bridgehead atoms. The zero-order chi connectivity index (χ0) is 16.1. The van der Waals surface area contributed by atoms with Crippen LogP contribution in [0.5, 0.6) is 0 Å². The molecule has 2 rings (SSSR count). The molecule has 2 N–H and O–H groups in total. The zero-order valence-electron chi connectivity index (χ0n) is 12.2. The molecule has 0 saturated heterocycles. The molecule has 0 aliphatic heterocycles. The van der Waals surface area contributed by atoms with Gasteiger partial charge in [-0.1, -0.05) is 13.8 Å². The van der Waals surface area contributed by atoms with Crippen LogP contribution in [0.4, 0.5) is 0 Å². The number of nitrogens with zero attached hydrogens (tertiary/aromatic N) is 3. The summed E-state index contributed by atoms with van der Waals surface area (Å²) in [6, 6.07) is 0. The van der Waals surface area contributed by atoms with Gasteiger partial charge in [-0.15, -0.1) is 11.3 Å². The number of carbonyl (C=O) groups excluding carboxylic acids is 1. The molecule has 2 aromatic rings. The van der Waals surface area contributed by atoms with Gasteiger partial charge in [-0.2, -0.15) is 0 Å². The summed E-state index contributed by atoms with van der Waals surface area (Å²) in [7, 11) is 0. The van der Waals surface area contributed by atoms with Gasteiger partial charge in [0, 0.05) is 24.3 Å². The summed E-state index contributed by atoms with van der Waals surface area (Å²) >= 11 is 1.62. The van der Waals surface area contributed by atoms with Gasteiger partial charge in [0.15, 0.2) is 5.69 Å². The fourth-order valence-corrected chi connectivity index (χ4v) is 2.52. The number of carboxylic acids is 1. The van der Waals surface area contributed by atoms with E-state index in [2.05, 4.69) is 34.1 Å². The van der Waals surface area contributed by atoms with Crippen molar-refractivity contribution in [2.45, 2.75) is 26.2 Å². The van der Waals surface area contributed by atoms with Crippen molar-refractivity contribution in [2.75, 3.05) is 6.54 Å². The fraction of sp³-hybridized carbons (Fsp3) is 0.357. The quantitative estimate of drug-likeness (QED) is 0.839. The van der Waals surface area contributed by atoms with E-state index in [0.29, 0.717) is 18.9 Å². The van der Waals surface area contributed by atoms with Crippen LogP contribution in [-0.4, -0.2) is 38.5 Å². The average molecular weight is 320 g/mol. The molecule has 0 aliphatic rings. The molecule has 8 heteroatoms. The first-order chi connectivity index (χ1) is 10.5. The lowest BCUT2D eigenvalue weighted by molar-refractivity contribution is 0.0689. The third-order valence-electron chi connectivity index (χ3n) is 2.83. The number of nitrogens with one attached hydrogen (secondary N) is 1. The maximum Gasteiger partial charge on any atom is 0.356 e. The second kappa shape index (κ2) is 7.08. The molecule has 2 aromatic heterocycles. The minimum Gasteiger partial charge on any atom is -0.476 e. The van der Waals surface area contributed by atoms with Crippen molar-refractivity contribution >= 4 is 23.2 Å². The molecule has 0 unspecified atom stereocenters. The van der Waals surface area contributed by atoms with E-state index in [-0.39, 0.29) is 17.3 Å². The van der Waals surface area contributed by atoms with Crippen LogP contribution in [0.15, 0.2) is 17.8 Å². The third kappa shape index (κ3) is 4.08. The van der Waals surface area contributed by atoms with E-state index in [9.17, 15) is 9.59 Å². The molecule has 2 heterocycles. The molecule has 0 aromatic carbocycles. The van der Waals surface area contributed by atoms with Gasteiger partial charge in [-0.05, 0) is 0 Å². The highest BCUT2D eigenvalue weighted by atomic mass is 32.1. The van der Waals surface area contributed by atoms with Crippen molar-refractivity contribution in [1.29, 1.82) is 0 Å². The van der Waals surface area contributed by atoms with Crippen molar-refractivity contribution in [2.24, 2.45) is 0 Å². The molecule has 22 heavy (non-hydrogen) atoms. The predicted molar refractivity (Wildman–Crippen MR) is 81.2 cm³/mol. The van der Waals surface area contributed by atoms with Gasteiger partial charge in [-0.25, -0.2) is 19.7 Å². The lowest BCUT2D eigenvalue weighted by Gasteiger charge is -2.03. The SMILES string of the molecule is CC(C)c1nc(CCNC(=O)c2cnc(C(=O)O)cn2)cs1. The van der Waals surface area contributed by atoms with E-state index >= 15 is 0 Å².